The van der Waals surface area contributed by atoms with Gasteiger partial charge in [0.1, 0.15) is 0 Å². The fraction of sp³-hybridized carbons (Fsp3) is 0.385. The van der Waals surface area contributed by atoms with Gasteiger partial charge in [0.25, 0.3) is 0 Å². The van der Waals surface area contributed by atoms with Gasteiger partial charge in [-0.15, -0.1) is 0 Å². The first-order valence-electron chi connectivity index (χ1n) is 5.32. The number of Topliss-reactive ketones (excluding diaryl/α,β-unsaturated/α-hetero) is 1. The normalized spacial score (nSPS) is 19.4. The molecule has 0 fully saturated rings. The molecular formula is C13H13NO. The van der Waals surface area contributed by atoms with Gasteiger partial charge in [-0.05, 0) is 24.8 Å². The summed E-state index contributed by atoms with van der Waals surface area (Å²) >= 11 is 0. The molecule has 76 valence electrons. The number of hydrogen-bond donors (Lipinski definition) is 0. The van der Waals surface area contributed by atoms with Gasteiger partial charge in [0.05, 0.1) is 6.07 Å². The lowest BCUT2D eigenvalue weighted by molar-refractivity contribution is 0.0896. The van der Waals surface area contributed by atoms with Crippen LogP contribution in [0.25, 0.3) is 0 Å². The molecule has 0 amide bonds. The highest BCUT2D eigenvalue weighted by Gasteiger charge is 2.26. The lowest BCUT2D eigenvalue weighted by Gasteiger charge is -2.22. The Hall–Kier alpha value is -1.62. The smallest absolute Gasteiger partial charge is 0.166 e. The fourth-order valence-electron chi connectivity index (χ4n) is 2.17. The molecule has 1 atom stereocenters. The van der Waals surface area contributed by atoms with E-state index in [0.29, 0.717) is 12.8 Å². The number of ketones is 1. The van der Waals surface area contributed by atoms with Crippen LogP contribution in [0, 0.1) is 17.2 Å². The molecule has 2 rings (SSSR count). The number of nitrogens with zero attached hydrogens (tertiary/aromatic N) is 1. The van der Waals surface area contributed by atoms with Gasteiger partial charge in [0.2, 0.25) is 0 Å². The summed E-state index contributed by atoms with van der Waals surface area (Å²) in [7, 11) is 0. The summed E-state index contributed by atoms with van der Waals surface area (Å²) in [6, 6.07) is 9.91. The number of rotatable bonds is 2. The van der Waals surface area contributed by atoms with Crippen molar-refractivity contribution in [2.24, 2.45) is 5.92 Å². The lowest BCUT2D eigenvalue weighted by atomic mass is 9.81. The number of fused-ring (bicyclic) bond motifs is 1. The summed E-state index contributed by atoms with van der Waals surface area (Å²) in [4.78, 5) is 12.0. The summed E-state index contributed by atoms with van der Waals surface area (Å²) in [6.45, 7) is 0. The van der Waals surface area contributed by atoms with Gasteiger partial charge in [-0.3, -0.25) is 4.79 Å². The molecule has 1 aliphatic carbocycles. The Kier molecular flexibility index (Phi) is 2.82. The van der Waals surface area contributed by atoms with Crippen LogP contribution in [0.2, 0.25) is 0 Å². The Morgan fingerprint density at radius 2 is 2.20 bits per heavy atom. The Balaban J connectivity index is 2.19. The van der Waals surface area contributed by atoms with E-state index >= 15 is 0 Å². The molecule has 0 heterocycles. The first-order chi connectivity index (χ1) is 7.33. The minimum atomic E-state index is 0.0690. The molecule has 1 unspecified atom stereocenters. The molecule has 0 N–H and O–H groups in total. The highest BCUT2D eigenvalue weighted by Crippen LogP contribution is 2.27. The maximum atomic E-state index is 12.0. The van der Waals surface area contributed by atoms with E-state index in [-0.39, 0.29) is 11.7 Å². The van der Waals surface area contributed by atoms with Crippen molar-refractivity contribution in [3.63, 3.8) is 0 Å². The average molecular weight is 199 g/mol. The van der Waals surface area contributed by atoms with E-state index in [1.54, 1.807) is 0 Å². The maximum absolute atomic E-state index is 12.0. The summed E-state index contributed by atoms with van der Waals surface area (Å²) in [5.74, 6) is 0.298. The molecular weight excluding hydrogens is 186 g/mol. The van der Waals surface area contributed by atoms with Crippen molar-refractivity contribution in [2.45, 2.75) is 25.7 Å². The third-order valence-electron chi connectivity index (χ3n) is 3.02. The van der Waals surface area contributed by atoms with Gasteiger partial charge in [0, 0.05) is 17.9 Å². The zero-order chi connectivity index (χ0) is 10.7. The van der Waals surface area contributed by atoms with Crippen LogP contribution in [-0.2, 0) is 6.42 Å². The molecule has 2 nitrogen and oxygen atoms in total. The van der Waals surface area contributed by atoms with Gasteiger partial charge in [0.15, 0.2) is 5.78 Å². The first kappa shape index (κ1) is 9.92. The van der Waals surface area contributed by atoms with E-state index in [1.807, 2.05) is 24.3 Å². The highest BCUT2D eigenvalue weighted by molar-refractivity contribution is 6.00. The number of carbonyl (C=O) groups excluding carboxylic acids is 1. The predicted molar refractivity (Wildman–Crippen MR) is 57.4 cm³/mol. The van der Waals surface area contributed by atoms with Crippen LogP contribution in [-0.4, -0.2) is 5.78 Å². The summed E-state index contributed by atoms with van der Waals surface area (Å²) in [6.07, 6.45) is 3.07. The molecule has 0 aromatic heterocycles. The summed E-state index contributed by atoms with van der Waals surface area (Å²) < 4.78 is 0. The second-order valence-electron chi connectivity index (χ2n) is 3.95. The zero-order valence-electron chi connectivity index (χ0n) is 8.57. The van der Waals surface area contributed by atoms with Crippen LogP contribution in [0.5, 0.6) is 0 Å². The van der Waals surface area contributed by atoms with E-state index in [4.69, 9.17) is 5.26 Å². The third kappa shape index (κ3) is 1.92. The standard InChI is InChI=1S/C13H13NO/c14-9-3-5-11-8-7-10-4-1-2-6-12(10)13(11)15/h1-2,4,6,11H,3,5,7-8H2. The molecule has 0 spiro atoms. The van der Waals surface area contributed by atoms with Crippen molar-refractivity contribution in [3.05, 3.63) is 35.4 Å². The molecule has 0 radical (unpaired) electrons. The fourth-order valence-corrected chi connectivity index (χ4v) is 2.17. The molecule has 0 aliphatic heterocycles. The molecule has 0 bridgehead atoms. The van der Waals surface area contributed by atoms with Crippen LogP contribution in [0.3, 0.4) is 0 Å². The second kappa shape index (κ2) is 4.27. The van der Waals surface area contributed by atoms with Crippen LogP contribution >= 0.6 is 0 Å². The van der Waals surface area contributed by atoms with Crippen molar-refractivity contribution >= 4 is 5.78 Å². The Labute approximate surface area is 89.5 Å². The second-order valence-corrected chi connectivity index (χ2v) is 3.95. The molecule has 15 heavy (non-hydrogen) atoms. The van der Waals surface area contributed by atoms with Crippen molar-refractivity contribution in [2.75, 3.05) is 0 Å². The monoisotopic (exact) mass is 199 g/mol. The number of nitriles is 1. The summed E-state index contributed by atoms with van der Waals surface area (Å²) in [5, 5.41) is 8.52. The van der Waals surface area contributed by atoms with Gasteiger partial charge in [-0.25, -0.2) is 0 Å². The van der Waals surface area contributed by atoms with E-state index in [2.05, 4.69) is 6.07 Å². The maximum Gasteiger partial charge on any atom is 0.166 e. The van der Waals surface area contributed by atoms with Crippen LogP contribution in [0.15, 0.2) is 24.3 Å². The third-order valence-corrected chi connectivity index (χ3v) is 3.02. The molecule has 0 saturated carbocycles. The van der Waals surface area contributed by atoms with Crippen molar-refractivity contribution in [1.82, 2.24) is 0 Å². The Morgan fingerprint density at radius 3 is 3.00 bits per heavy atom. The minimum Gasteiger partial charge on any atom is -0.294 e. The first-order valence-corrected chi connectivity index (χ1v) is 5.32. The van der Waals surface area contributed by atoms with Gasteiger partial charge in [-0.1, -0.05) is 24.3 Å². The van der Waals surface area contributed by atoms with E-state index < -0.39 is 0 Å². The zero-order valence-corrected chi connectivity index (χ0v) is 8.57. The number of benzene rings is 1. The predicted octanol–water partition coefficient (Wildman–Crippen LogP) is 2.74. The van der Waals surface area contributed by atoms with Crippen LogP contribution < -0.4 is 0 Å². The lowest BCUT2D eigenvalue weighted by Crippen LogP contribution is -2.22. The topological polar surface area (TPSA) is 40.9 Å². The highest BCUT2D eigenvalue weighted by atomic mass is 16.1. The molecule has 1 aliphatic rings. The van der Waals surface area contributed by atoms with E-state index in [0.717, 1.165) is 24.0 Å². The van der Waals surface area contributed by atoms with Crippen molar-refractivity contribution in [1.29, 1.82) is 5.26 Å². The largest absolute Gasteiger partial charge is 0.294 e. The van der Waals surface area contributed by atoms with Crippen LogP contribution in [0.4, 0.5) is 0 Å². The van der Waals surface area contributed by atoms with Crippen molar-refractivity contribution in [3.8, 4) is 6.07 Å². The van der Waals surface area contributed by atoms with Gasteiger partial charge >= 0.3 is 0 Å². The van der Waals surface area contributed by atoms with E-state index in [9.17, 15) is 4.79 Å². The SMILES string of the molecule is N#CCCC1CCc2ccccc2C1=O. The summed E-state index contributed by atoms with van der Waals surface area (Å²) in [5.41, 5.74) is 2.03. The van der Waals surface area contributed by atoms with Crippen LogP contribution in [0.1, 0.15) is 35.2 Å². The number of hydrogen-bond acceptors (Lipinski definition) is 2. The Bertz CT molecular complexity index is 417. The Morgan fingerprint density at radius 1 is 1.40 bits per heavy atom. The van der Waals surface area contributed by atoms with E-state index in [1.165, 1.54) is 0 Å². The number of carbonyl (C=O) groups is 1. The molecule has 1 aromatic rings. The molecule has 2 heteroatoms. The number of aryl methyl sites for hydroxylation is 1. The van der Waals surface area contributed by atoms with Gasteiger partial charge < -0.3 is 0 Å². The van der Waals surface area contributed by atoms with Crippen molar-refractivity contribution < 1.29 is 4.79 Å². The quantitative estimate of drug-likeness (QED) is 0.734. The molecule has 0 saturated heterocycles. The van der Waals surface area contributed by atoms with Gasteiger partial charge in [-0.2, -0.15) is 5.26 Å². The minimum absolute atomic E-state index is 0.0690. The average Bonchev–Trinajstić information content (AvgIpc) is 2.29. The molecule has 1 aromatic carbocycles.